The molecule has 0 unspecified atom stereocenters. The zero-order valence-corrected chi connectivity index (χ0v) is 20.5. The van der Waals surface area contributed by atoms with E-state index < -0.39 is 0 Å². The molecule has 5 rings (SSSR count). The first-order valence-corrected chi connectivity index (χ1v) is 11.8. The molecule has 0 spiro atoms. The van der Waals surface area contributed by atoms with E-state index in [0.29, 0.717) is 16.5 Å². The maximum absolute atomic E-state index is 13.6. The van der Waals surface area contributed by atoms with Crippen molar-refractivity contribution in [2.24, 2.45) is 0 Å². The van der Waals surface area contributed by atoms with Gasteiger partial charge in [-0.2, -0.15) is 0 Å². The van der Waals surface area contributed by atoms with Gasteiger partial charge in [-0.05, 0) is 78.9 Å². The lowest BCUT2D eigenvalue weighted by Gasteiger charge is -2.29. The molecule has 2 aromatic heterocycles. The van der Waals surface area contributed by atoms with Crippen molar-refractivity contribution in [1.29, 1.82) is 0 Å². The second kappa shape index (κ2) is 9.79. The van der Waals surface area contributed by atoms with Crippen LogP contribution in [0.25, 0.3) is 5.69 Å². The third kappa shape index (κ3) is 4.40. The van der Waals surface area contributed by atoms with Gasteiger partial charge in [0.2, 0.25) is 5.91 Å². The number of nitrogens with zero attached hydrogens (tertiary/aromatic N) is 3. The number of anilines is 2. The van der Waals surface area contributed by atoms with Gasteiger partial charge >= 0.3 is 0 Å². The van der Waals surface area contributed by atoms with Crippen molar-refractivity contribution >= 4 is 34.6 Å². The molecule has 1 fully saturated rings. The van der Waals surface area contributed by atoms with Crippen molar-refractivity contribution in [3.05, 3.63) is 102 Å². The molecule has 7 nitrogen and oxygen atoms in total. The van der Waals surface area contributed by atoms with Crippen LogP contribution < -0.4 is 20.3 Å². The summed E-state index contributed by atoms with van der Waals surface area (Å²) >= 11 is 5.83. The Morgan fingerprint density at radius 1 is 1.08 bits per heavy atom. The maximum atomic E-state index is 13.6. The Balaban J connectivity index is 1.66. The van der Waals surface area contributed by atoms with E-state index in [4.69, 9.17) is 17.0 Å². The first-order valence-electron chi connectivity index (χ1n) is 11.4. The summed E-state index contributed by atoms with van der Waals surface area (Å²) in [7, 11) is 1.55. The summed E-state index contributed by atoms with van der Waals surface area (Å²) < 4.78 is 21.1. The van der Waals surface area contributed by atoms with Crippen LogP contribution in [0, 0.1) is 5.82 Å². The van der Waals surface area contributed by atoms with Crippen molar-refractivity contribution in [2.75, 3.05) is 17.3 Å². The van der Waals surface area contributed by atoms with E-state index in [-0.39, 0.29) is 23.8 Å². The summed E-state index contributed by atoms with van der Waals surface area (Å²) in [5.74, 6) is 0.0353. The van der Waals surface area contributed by atoms with E-state index in [9.17, 15) is 9.18 Å². The fourth-order valence-corrected chi connectivity index (χ4v) is 4.88. The van der Waals surface area contributed by atoms with E-state index in [2.05, 4.69) is 15.6 Å². The minimum absolute atomic E-state index is 0.208. The van der Waals surface area contributed by atoms with Crippen LogP contribution in [0.5, 0.6) is 5.75 Å². The summed E-state index contributed by atoms with van der Waals surface area (Å²) in [4.78, 5) is 18.4. The van der Waals surface area contributed by atoms with Crippen molar-refractivity contribution in [2.45, 2.75) is 19.0 Å². The van der Waals surface area contributed by atoms with Crippen LogP contribution in [-0.4, -0.2) is 27.7 Å². The highest BCUT2D eigenvalue weighted by atomic mass is 32.1. The lowest BCUT2D eigenvalue weighted by atomic mass is 10.0. The predicted octanol–water partition coefficient (Wildman–Crippen LogP) is 5.16. The average Bonchev–Trinajstić information content (AvgIpc) is 3.49. The summed E-state index contributed by atoms with van der Waals surface area (Å²) in [6.07, 6.45) is 3.69. The fraction of sp³-hybridized carbons (Fsp3) is 0.148. The van der Waals surface area contributed by atoms with Gasteiger partial charge in [-0.25, -0.2) is 4.39 Å². The molecule has 1 amide bonds. The molecular formula is C27H24FN5O2S. The lowest BCUT2D eigenvalue weighted by Crippen LogP contribution is -2.30. The number of carbonyl (C=O) groups is 1. The molecule has 182 valence electrons. The highest BCUT2D eigenvalue weighted by Gasteiger charge is 2.42. The van der Waals surface area contributed by atoms with Crippen LogP contribution in [-0.2, 0) is 4.79 Å². The number of benzene rings is 2. The fourth-order valence-electron chi connectivity index (χ4n) is 4.54. The number of halogens is 1. The molecule has 3 heterocycles. The number of hydrogen-bond donors (Lipinski definition) is 2. The second-order valence-electron chi connectivity index (χ2n) is 8.34. The molecule has 1 saturated heterocycles. The van der Waals surface area contributed by atoms with Gasteiger partial charge in [0.15, 0.2) is 5.11 Å². The van der Waals surface area contributed by atoms with Crippen LogP contribution in [0.3, 0.4) is 0 Å². The van der Waals surface area contributed by atoms with Crippen LogP contribution in [0.1, 0.15) is 30.4 Å². The van der Waals surface area contributed by atoms with Gasteiger partial charge in [0.05, 0.1) is 24.5 Å². The monoisotopic (exact) mass is 501 g/mol. The molecule has 0 aliphatic carbocycles. The normalized spacial score (nSPS) is 17.1. The Hall–Kier alpha value is -4.24. The smallest absolute Gasteiger partial charge is 0.221 e. The molecule has 2 atom stereocenters. The molecule has 1 aliphatic rings. The predicted molar refractivity (Wildman–Crippen MR) is 141 cm³/mol. The number of thiocarbonyl (C=S) groups is 1. The van der Waals surface area contributed by atoms with Gasteiger partial charge < -0.3 is 24.8 Å². The number of amides is 1. The largest absolute Gasteiger partial charge is 0.495 e. The van der Waals surface area contributed by atoms with Crippen molar-refractivity contribution in [3.63, 3.8) is 0 Å². The Bertz CT molecular complexity index is 1410. The molecule has 36 heavy (non-hydrogen) atoms. The molecule has 1 aliphatic heterocycles. The molecule has 9 heteroatoms. The number of carbonyl (C=O) groups excluding carboxylic acids is 1. The Kier molecular flexibility index (Phi) is 6.39. The molecule has 0 radical (unpaired) electrons. The summed E-state index contributed by atoms with van der Waals surface area (Å²) in [5.41, 5.74) is 3.89. The van der Waals surface area contributed by atoms with Crippen molar-refractivity contribution in [3.8, 4) is 11.4 Å². The number of pyridine rings is 1. The summed E-state index contributed by atoms with van der Waals surface area (Å²) in [6, 6.07) is 21.1. The first-order chi connectivity index (χ1) is 17.5. The quantitative estimate of drug-likeness (QED) is 0.356. The molecule has 4 aromatic rings. The topological polar surface area (TPSA) is 71.4 Å². The van der Waals surface area contributed by atoms with Crippen LogP contribution in [0.4, 0.5) is 15.8 Å². The average molecular weight is 502 g/mol. The van der Waals surface area contributed by atoms with E-state index >= 15 is 0 Å². The van der Waals surface area contributed by atoms with Gasteiger partial charge in [0.25, 0.3) is 0 Å². The third-order valence-electron chi connectivity index (χ3n) is 6.06. The maximum Gasteiger partial charge on any atom is 0.221 e. The Morgan fingerprint density at radius 2 is 1.86 bits per heavy atom. The number of aromatic nitrogens is 2. The van der Waals surface area contributed by atoms with Gasteiger partial charge in [-0.1, -0.05) is 6.07 Å². The van der Waals surface area contributed by atoms with E-state index in [1.165, 1.54) is 19.1 Å². The van der Waals surface area contributed by atoms with E-state index in [1.54, 1.807) is 31.5 Å². The van der Waals surface area contributed by atoms with Crippen molar-refractivity contribution < 1.29 is 13.9 Å². The van der Waals surface area contributed by atoms with Crippen LogP contribution in [0.15, 0.2) is 85.2 Å². The van der Waals surface area contributed by atoms with Gasteiger partial charge in [0.1, 0.15) is 17.6 Å². The van der Waals surface area contributed by atoms with E-state index in [1.807, 2.05) is 58.1 Å². The zero-order chi connectivity index (χ0) is 25.2. The van der Waals surface area contributed by atoms with Crippen molar-refractivity contribution in [1.82, 2.24) is 14.9 Å². The first kappa shape index (κ1) is 23.5. The molecule has 0 saturated carbocycles. The van der Waals surface area contributed by atoms with E-state index in [0.717, 1.165) is 22.8 Å². The minimum Gasteiger partial charge on any atom is -0.495 e. The zero-order valence-electron chi connectivity index (χ0n) is 19.7. The Labute approximate surface area is 213 Å². The number of nitrogens with one attached hydrogen (secondary N) is 2. The molecule has 0 bridgehead atoms. The molecular weight excluding hydrogens is 477 g/mol. The van der Waals surface area contributed by atoms with Gasteiger partial charge in [-0.15, -0.1) is 0 Å². The van der Waals surface area contributed by atoms with Gasteiger partial charge in [0, 0.05) is 36.4 Å². The summed E-state index contributed by atoms with van der Waals surface area (Å²) in [5, 5.41) is 6.78. The summed E-state index contributed by atoms with van der Waals surface area (Å²) in [6.45, 7) is 1.45. The SMILES string of the molecule is COc1ccc(N2C(=S)N[C@H](c3ccccn3)[C@@H]2c2cccn2-c2ccc(F)cc2)cc1NC(C)=O. The number of rotatable bonds is 6. The number of hydrogen-bond acceptors (Lipinski definition) is 4. The molecule has 2 aromatic carbocycles. The van der Waals surface area contributed by atoms with Crippen LogP contribution >= 0.6 is 12.2 Å². The van der Waals surface area contributed by atoms with Crippen LogP contribution in [0.2, 0.25) is 0 Å². The Morgan fingerprint density at radius 3 is 2.56 bits per heavy atom. The highest BCUT2D eigenvalue weighted by Crippen LogP contribution is 2.43. The van der Waals surface area contributed by atoms with Gasteiger partial charge in [-0.3, -0.25) is 9.78 Å². The number of ether oxygens (including phenoxy) is 1. The second-order valence-corrected chi connectivity index (χ2v) is 8.73. The third-order valence-corrected chi connectivity index (χ3v) is 6.37. The number of methoxy groups -OCH3 is 1. The molecule has 2 N–H and O–H groups in total. The highest BCUT2D eigenvalue weighted by molar-refractivity contribution is 7.80. The lowest BCUT2D eigenvalue weighted by molar-refractivity contribution is -0.114. The minimum atomic E-state index is -0.300. The standard InChI is InChI=1S/C27H24FN5O2S/c1-17(34)30-22-16-20(12-13-24(22)35-2)33-26(25(31-27(33)36)21-6-3-4-14-29-21)23-7-5-15-32(23)19-10-8-18(28)9-11-19/h3-16,25-26H,1-2H3,(H,30,34)(H,31,36)/t25-,26+/m1/s1.